The predicted octanol–water partition coefficient (Wildman–Crippen LogP) is 1.99. The first-order valence-corrected chi connectivity index (χ1v) is 4.87. The van der Waals surface area contributed by atoms with Gasteiger partial charge in [-0.3, -0.25) is 0 Å². The fourth-order valence-electron chi connectivity index (χ4n) is 1.11. The Morgan fingerprint density at radius 3 is 2.55 bits per heavy atom. The van der Waals surface area contributed by atoms with Crippen LogP contribution in [0.4, 0.5) is 0 Å². The van der Waals surface area contributed by atoms with Crippen LogP contribution in [0.1, 0.15) is 31.7 Å². The molecule has 0 spiro atoms. The van der Waals surface area contributed by atoms with Gasteiger partial charge in [0, 0.05) is 0 Å². The van der Waals surface area contributed by atoms with E-state index < -0.39 is 0 Å². The summed E-state index contributed by atoms with van der Waals surface area (Å²) in [5.74, 6) is 0.674. The summed E-state index contributed by atoms with van der Waals surface area (Å²) in [7, 11) is 0. The van der Waals surface area contributed by atoms with Crippen LogP contribution >= 0.6 is 0 Å². The van der Waals surface area contributed by atoms with Gasteiger partial charge in [-0.25, -0.2) is 0 Å². The van der Waals surface area contributed by atoms with Gasteiger partial charge in [-0.05, 0) is 0 Å². The van der Waals surface area contributed by atoms with Gasteiger partial charge in [-0.15, -0.1) is 0 Å². The molecule has 1 atom stereocenters. The van der Waals surface area contributed by atoms with Gasteiger partial charge in [0.1, 0.15) is 0 Å². The van der Waals surface area contributed by atoms with Crippen molar-refractivity contribution in [2.75, 3.05) is 0 Å². The Labute approximate surface area is 76.8 Å². The Balaban J connectivity index is 2.93. The quantitative estimate of drug-likeness (QED) is 0.658. The molecule has 0 aliphatic heterocycles. The number of hydrogen-bond acceptors (Lipinski definition) is 0. The van der Waals surface area contributed by atoms with Gasteiger partial charge in [0.2, 0.25) is 0 Å². The van der Waals surface area contributed by atoms with Crippen molar-refractivity contribution in [3.05, 3.63) is 29.8 Å². The Morgan fingerprint density at radius 1 is 1.36 bits per heavy atom. The average Bonchev–Trinajstić information content (AvgIpc) is 2.04. The summed E-state index contributed by atoms with van der Waals surface area (Å²) in [5.41, 5.74) is 1.44. The second kappa shape index (κ2) is 3.94. The van der Waals surface area contributed by atoms with Crippen LogP contribution in [-0.4, -0.2) is 16.0 Å². The van der Waals surface area contributed by atoms with Crippen LogP contribution in [0, 0.1) is 0 Å². The molecule has 1 aromatic carbocycles. The second-order valence-electron chi connectivity index (χ2n) is 2.85. The first-order chi connectivity index (χ1) is 5.25. The average molecular weight is 212 g/mol. The van der Waals surface area contributed by atoms with Crippen molar-refractivity contribution in [3.8, 4) is 0 Å². The first-order valence-electron chi connectivity index (χ1n) is 4.01. The molecule has 0 N–H and O–H groups in total. The van der Waals surface area contributed by atoms with Gasteiger partial charge in [0.25, 0.3) is 0 Å². The molecule has 1 unspecified atom stereocenters. The molecule has 1 aromatic rings. The summed E-state index contributed by atoms with van der Waals surface area (Å²) < 4.78 is 1.29. The number of hydrogen-bond donors (Lipinski definition) is 0. The Kier molecular flexibility index (Phi) is 3.16. The summed E-state index contributed by atoms with van der Waals surface area (Å²) in [4.78, 5) is 0. The van der Waals surface area contributed by atoms with E-state index in [0.29, 0.717) is 5.92 Å². The molecule has 0 nitrogen and oxygen atoms in total. The third kappa shape index (κ3) is 2.08. The van der Waals surface area contributed by atoms with E-state index in [1.165, 1.54) is 16.4 Å². The van der Waals surface area contributed by atoms with Gasteiger partial charge < -0.3 is 0 Å². The predicted molar refractivity (Wildman–Crippen MR) is 50.5 cm³/mol. The van der Waals surface area contributed by atoms with E-state index in [1.807, 2.05) is 0 Å². The molecule has 0 heterocycles. The van der Waals surface area contributed by atoms with E-state index >= 15 is 0 Å². The minimum absolute atomic E-state index is 0.674. The molecule has 59 valence electrons. The van der Waals surface area contributed by atoms with Crippen LogP contribution in [0.25, 0.3) is 0 Å². The van der Waals surface area contributed by atoms with E-state index in [4.69, 9.17) is 0 Å². The van der Waals surface area contributed by atoms with Crippen molar-refractivity contribution in [2.45, 2.75) is 26.2 Å². The van der Waals surface area contributed by atoms with Gasteiger partial charge in [0.05, 0.1) is 0 Å². The molecule has 0 aliphatic rings. The van der Waals surface area contributed by atoms with Gasteiger partial charge in [0.15, 0.2) is 0 Å². The normalized spacial score (nSPS) is 12.9. The standard InChI is InChI=1S/C10H13Se/c1-3-8(2)9-6-4-5-7-10(9)11/h4-8H,3H2,1-2H3. The van der Waals surface area contributed by atoms with Crippen molar-refractivity contribution >= 4 is 20.5 Å². The molecular weight excluding hydrogens is 199 g/mol. The van der Waals surface area contributed by atoms with E-state index in [2.05, 4.69) is 54.1 Å². The number of benzene rings is 1. The van der Waals surface area contributed by atoms with Gasteiger partial charge >= 0.3 is 76.5 Å². The van der Waals surface area contributed by atoms with Crippen molar-refractivity contribution < 1.29 is 0 Å². The fourth-order valence-corrected chi connectivity index (χ4v) is 1.84. The van der Waals surface area contributed by atoms with Crippen LogP contribution in [0.5, 0.6) is 0 Å². The molecular formula is C10H13Se. The van der Waals surface area contributed by atoms with Crippen LogP contribution in [0.3, 0.4) is 0 Å². The van der Waals surface area contributed by atoms with Crippen LogP contribution < -0.4 is 4.46 Å². The van der Waals surface area contributed by atoms with Gasteiger partial charge in [-0.1, -0.05) is 0 Å². The van der Waals surface area contributed by atoms with Crippen LogP contribution in [0.2, 0.25) is 0 Å². The van der Waals surface area contributed by atoms with E-state index in [-0.39, 0.29) is 0 Å². The summed E-state index contributed by atoms with van der Waals surface area (Å²) >= 11 is 3.09. The van der Waals surface area contributed by atoms with Crippen molar-refractivity contribution in [1.82, 2.24) is 0 Å². The maximum absolute atomic E-state index is 3.09. The Morgan fingerprint density at radius 2 is 2.00 bits per heavy atom. The molecule has 1 radical (unpaired) electrons. The second-order valence-corrected chi connectivity index (χ2v) is 3.77. The van der Waals surface area contributed by atoms with E-state index in [0.717, 1.165) is 0 Å². The fraction of sp³-hybridized carbons (Fsp3) is 0.400. The SMILES string of the molecule is CCC(C)c1ccccc1[Se]. The molecule has 0 saturated heterocycles. The molecule has 0 aliphatic carbocycles. The molecule has 0 amide bonds. The van der Waals surface area contributed by atoms with E-state index in [1.54, 1.807) is 0 Å². The number of rotatable bonds is 2. The third-order valence-electron chi connectivity index (χ3n) is 2.06. The topological polar surface area (TPSA) is 0 Å². The Bertz CT molecular complexity index is 230. The molecule has 0 bridgehead atoms. The van der Waals surface area contributed by atoms with Crippen molar-refractivity contribution in [3.63, 3.8) is 0 Å². The zero-order valence-electron chi connectivity index (χ0n) is 7.00. The molecule has 1 heteroatoms. The summed E-state index contributed by atoms with van der Waals surface area (Å²) in [6.07, 6.45) is 1.21. The minimum atomic E-state index is 0.674. The van der Waals surface area contributed by atoms with Crippen molar-refractivity contribution in [2.24, 2.45) is 0 Å². The monoisotopic (exact) mass is 213 g/mol. The Hall–Kier alpha value is -0.261. The maximum atomic E-state index is 3.09. The third-order valence-corrected chi connectivity index (χ3v) is 2.84. The zero-order valence-corrected chi connectivity index (χ0v) is 8.72. The summed E-state index contributed by atoms with van der Waals surface area (Å²) in [6.45, 7) is 4.48. The molecule has 11 heavy (non-hydrogen) atoms. The van der Waals surface area contributed by atoms with Crippen molar-refractivity contribution in [1.29, 1.82) is 0 Å². The van der Waals surface area contributed by atoms with E-state index in [9.17, 15) is 0 Å². The van der Waals surface area contributed by atoms with Crippen LogP contribution in [0.15, 0.2) is 24.3 Å². The summed E-state index contributed by atoms with van der Waals surface area (Å²) in [6, 6.07) is 8.49. The zero-order chi connectivity index (χ0) is 8.27. The first kappa shape index (κ1) is 8.83. The molecule has 1 rings (SSSR count). The molecule has 0 aromatic heterocycles. The van der Waals surface area contributed by atoms with Crippen LogP contribution in [-0.2, 0) is 0 Å². The summed E-state index contributed by atoms with van der Waals surface area (Å²) in [5, 5.41) is 0. The molecule has 0 fully saturated rings. The van der Waals surface area contributed by atoms with Gasteiger partial charge in [-0.2, -0.15) is 0 Å². The molecule has 0 saturated carbocycles.